The topological polar surface area (TPSA) is 65.0 Å². The van der Waals surface area contributed by atoms with Crippen molar-refractivity contribution in [3.8, 4) is 11.5 Å². The van der Waals surface area contributed by atoms with Crippen molar-refractivity contribution in [1.29, 1.82) is 0 Å². The van der Waals surface area contributed by atoms with E-state index in [-0.39, 0.29) is 17.0 Å². The minimum atomic E-state index is -0.276. The van der Waals surface area contributed by atoms with Crippen molar-refractivity contribution in [2.75, 3.05) is 14.2 Å². The van der Waals surface area contributed by atoms with E-state index < -0.39 is 0 Å². The zero-order chi connectivity index (χ0) is 16.1. The van der Waals surface area contributed by atoms with Crippen LogP contribution in [-0.4, -0.2) is 26.1 Å². The van der Waals surface area contributed by atoms with E-state index in [1.165, 1.54) is 32.4 Å². The van der Waals surface area contributed by atoms with Crippen molar-refractivity contribution in [2.45, 2.75) is 0 Å². The first-order valence-corrected chi connectivity index (χ1v) is 7.04. The van der Waals surface area contributed by atoms with Gasteiger partial charge in [0.15, 0.2) is 17.3 Å². The van der Waals surface area contributed by atoms with Crippen molar-refractivity contribution in [3.05, 3.63) is 52.0 Å². The van der Waals surface area contributed by atoms with E-state index in [2.05, 4.69) is 20.9 Å². The number of rotatable bonds is 5. The highest BCUT2D eigenvalue weighted by atomic mass is 79.9. The van der Waals surface area contributed by atoms with E-state index in [4.69, 9.17) is 9.47 Å². The molecule has 112 valence electrons. The highest BCUT2D eigenvalue weighted by Gasteiger charge is 2.18. The van der Waals surface area contributed by atoms with Gasteiger partial charge in [0.1, 0.15) is 0 Å². The SMILES string of the molecule is COc1cc(N=C=O)c(C(=O)c2ccc(Br)cc2)cc1OC. The van der Waals surface area contributed by atoms with Crippen LogP contribution >= 0.6 is 15.9 Å². The third kappa shape index (κ3) is 3.24. The Morgan fingerprint density at radius 3 is 2.23 bits per heavy atom. The maximum Gasteiger partial charge on any atom is 0.240 e. The Bertz CT molecular complexity index is 749. The smallest absolute Gasteiger partial charge is 0.240 e. The lowest BCUT2D eigenvalue weighted by atomic mass is 10.0. The van der Waals surface area contributed by atoms with E-state index in [0.29, 0.717) is 17.1 Å². The molecule has 6 heteroatoms. The van der Waals surface area contributed by atoms with Crippen LogP contribution in [0.25, 0.3) is 0 Å². The van der Waals surface area contributed by atoms with Crippen LogP contribution in [0.1, 0.15) is 15.9 Å². The quantitative estimate of drug-likeness (QED) is 0.463. The fourth-order valence-electron chi connectivity index (χ4n) is 1.95. The molecule has 0 N–H and O–H groups in total. The molecule has 0 unspecified atom stereocenters. The Kier molecular flexibility index (Phi) is 5.09. The Morgan fingerprint density at radius 2 is 1.68 bits per heavy atom. The van der Waals surface area contributed by atoms with Gasteiger partial charge in [-0.25, -0.2) is 4.79 Å². The third-order valence-electron chi connectivity index (χ3n) is 3.02. The maximum atomic E-state index is 12.6. The molecule has 0 amide bonds. The summed E-state index contributed by atoms with van der Waals surface area (Å²) in [7, 11) is 2.93. The summed E-state index contributed by atoms with van der Waals surface area (Å²) in [5, 5.41) is 0. The van der Waals surface area contributed by atoms with Crippen LogP contribution in [0.3, 0.4) is 0 Å². The maximum absolute atomic E-state index is 12.6. The molecule has 0 bridgehead atoms. The second kappa shape index (κ2) is 7.02. The molecule has 0 heterocycles. The first-order chi connectivity index (χ1) is 10.6. The molecule has 0 spiro atoms. The summed E-state index contributed by atoms with van der Waals surface area (Å²) in [4.78, 5) is 26.8. The van der Waals surface area contributed by atoms with E-state index in [1.54, 1.807) is 24.3 Å². The van der Waals surface area contributed by atoms with Crippen LogP contribution in [0.2, 0.25) is 0 Å². The molecular weight excluding hydrogens is 350 g/mol. The molecule has 2 aromatic rings. The van der Waals surface area contributed by atoms with Gasteiger partial charge in [-0.2, -0.15) is 4.99 Å². The predicted octanol–water partition coefficient (Wildman–Crippen LogP) is 3.66. The first kappa shape index (κ1) is 15.9. The molecule has 0 aliphatic carbocycles. The fourth-order valence-corrected chi connectivity index (χ4v) is 2.21. The average Bonchev–Trinajstić information content (AvgIpc) is 2.54. The standard InChI is InChI=1S/C16H12BrNO4/c1-21-14-7-12(13(18-9-19)8-15(14)22-2)16(20)10-3-5-11(17)6-4-10/h3-8H,1-2H3. The average molecular weight is 362 g/mol. The van der Waals surface area contributed by atoms with Gasteiger partial charge in [-0.1, -0.05) is 15.9 Å². The number of ether oxygens (including phenoxy) is 2. The van der Waals surface area contributed by atoms with Gasteiger partial charge in [0, 0.05) is 16.1 Å². The second-order valence-corrected chi connectivity index (χ2v) is 5.18. The Labute approximate surface area is 135 Å². The molecule has 22 heavy (non-hydrogen) atoms. The number of benzene rings is 2. The highest BCUT2D eigenvalue weighted by Crippen LogP contribution is 2.35. The van der Waals surface area contributed by atoms with Crippen LogP contribution in [0.15, 0.2) is 45.9 Å². The molecule has 0 saturated carbocycles. The van der Waals surface area contributed by atoms with Crippen molar-refractivity contribution < 1.29 is 19.1 Å². The van der Waals surface area contributed by atoms with Gasteiger partial charge in [-0.15, -0.1) is 0 Å². The van der Waals surface area contributed by atoms with Gasteiger partial charge >= 0.3 is 0 Å². The van der Waals surface area contributed by atoms with Gasteiger partial charge in [-0.3, -0.25) is 4.79 Å². The summed E-state index contributed by atoms with van der Waals surface area (Å²) in [5.41, 5.74) is 0.890. The Hall–Kier alpha value is -2.43. The van der Waals surface area contributed by atoms with E-state index >= 15 is 0 Å². The van der Waals surface area contributed by atoms with E-state index in [9.17, 15) is 9.59 Å². The lowest BCUT2D eigenvalue weighted by Gasteiger charge is -2.11. The largest absolute Gasteiger partial charge is 0.493 e. The summed E-state index contributed by atoms with van der Waals surface area (Å²) in [6, 6.07) is 9.84. The number of halogens is 1. The van der Waals surface area contributed by atoms with Crippen LogP contribution in [0, 0.1) is 0 Å². The molecule has 0 aliphatic rings. The highest BCUT2D eigenvalue weighted by molar-refractivity contribution is 9.10. The summed E-state index contributed by atoms with van der Waals surface area (Å²) in [6.07, 6.45) is 1.45. The second-order valence-electron chi connectivity index (χ2n) is 4.26. The number of methoxy groups -OCH3 is 2. The van der Waals surface area contributed by atoms with Crippen LogP contribution < -0.4 is 9.47 Å². The molecule has 5 nitrogen and oxygen atoms in total. The summed E-state index contributed by atoms with van der Waals surface area (Å²) >= 11 is 3.31. The number of hydrogen-bond donors (Lipinski definition) is 0. The summed E-state index contributed by atoms with van der Waals surface area (Å²) in [5.74, 6) is 0.485. The molecule has 0 aromatic heterocycles. The van der Waals surface area contributed by atoms with Gasteiger partial charge in [0.05, 0.1) is 25.5 Å². The van der Waals surface area contributed by atoms with E-state index in [0.717, 1.165) is 4.47 Å². The normalized spacial score (nSPS) is 9.77. The molecule has 2 rings (SSSR count). The fraction of sp³-hybridized carbons (Fsp3) is 0.125. The minimum absolute atomic E-state index is 0.181. The molecule has 0 fully saturated rings. The number of hydrogen-bond acceptors (Lipinski definition) is 5. The van der Waals surface area contributed by atoms with Gasteiger partial charge < -0.3 is 9.47 Å². The van der Waals surface area contributed by atoms with Gasteiger partial charge in [0.25, 0.3) is 0 Å². The lowest BCUT2D eigenvalue weighted by Crippen LogP contribution is -2.03. The number of carbonyl (C=O) groups excluding carboxylic acids is 2. The predicted molar refractivity (Wildman–Crippen MR) is 84.9 cm³/mol. The molecule has 0 radical (unpaired) electrons. The molecule has 0 aliphatic heterocycles. The van der Waals surface area contributed by atoms with Crippen molar-refractivity contribution in [2.24, 2.45) is 4.99 Å². The monoisotopic (exact) mass is 361 g/mol. The van der Waals surface area contributed by atoms with Gasteiger partial charge in [-0.05, 0) is 30.3 Å². The number of nitrogens with zero attached hydrogens (tertiary/aromatic N) is 1. The Morgan fingerprint density at radius 1 is 1.09 bits per heavy atom. The van der Waals surface area contributed by atoms with E-state index in [1.807, 2.05) is 0 Å². The Balaban J connectivity index is 2.59. The molecule has 0 atom stereocenters. The van der Waals surface area contributed by atoms with Crippen molar-refractivity contribution in [3.63, 3.8) is 0 Å². The van der Waals surface area contributed by atoms with Gasteiger partial charge in [0.2, 0.25) is 6.08 Å². The first-order valence-electron chi connectivity index (χ1n) is 6.25. The number of isocyanates is 1. The zero-order valence-corrected chi connectivity index (χ0v) is 13.5. The van der Waals surface area contributed by atoms with Crippen LogP contribution in [0.5, 0.6) is 11.5 Å². The molecule has 2 aromatic carbocycles. The summed E-state index contributed by atoms with van der Waals surface area (Å²) in [6.45, 7) is 0. The molecular formula is C16H12BrNO4. The van der Waals surface area contributed by atoms with Crippen LogP contribution in [0.4, 0.5) is 5.69 Å². The minimum Gasteiger partial charge on any atom is -0.493 e. The number of carbonyl (C=O) groups is 1. The number of aliphatic imine (C=N–C) groups is 1. The summed E-state index contributed by atoms with van der Waals surface area (Å²) < 4.78 is 11.2. The molecule has 0 saturated heterocycles. The zero-order valence-electron chi connectivity index (χ0n) is 11.9. The third-order valence-corrected chi connectivity index (χ3v) is 3.55. The van der Waals surface area contributed by atoms with Crippen molar-refractivity contribution in [1.82, 2.24) is 0 Å². The van der Waals surface area contributed by atoms with Crippen LogP contribution in [-0.2, 0) is 4.79 Å². The number of ketones is 1. The van der Waals surface area contributed by atoms with Crippen molar-refractivity contribution >= 4 is 33.5 Å². The lowest BCUT2D eigenvalue weighted by molar-refractivity contribution is 0.103.